The van der Waals surface area contributed by atoms with Crippen molar-refractivity contribution in [2.75, 3.05) is 31.6 Å². The van der Waals surface area contributed by atoms with Gasteiger partial charge in [0.2, 0.25) is 0 Å². The van der Waals surface area contributed by atoms with Crippen molar-refractivity contribution in [3.05, 3.63) is 0 Å². The molecular formula is C10H21NOS. The summed E-state index contributed by atoms with van der Waals surface area (Å²) < 4.78 is 0. The van der Waals surface area contributed by atoms with Crippen LogP contribution >= 0.6 is 11.8 Å². The number of aliphatic hydroxyl groups is 1. The molecule has 0 radical (unpaired) electrons. The molecule has 1 rings (SSSR count). The lowest BCUT2D eigenvalue weighted by Crippen LogP contribution is -2.20. The smallest absolute Gasteiger partial charge is 0.0715 e. The first-order valence-electron chi connectivity index (χ1n) is 5.18. The van der Waals surface area contributed by atoms with Crippen LogP contribution in [0.3, 0.4) is 0 Å². The van der Waals surface area contributed by atoms with Crippen molar-refractivity contribution < 1.29 is 5.11 Å². The summed E-state index contributed by atoms with van der Waals surface area (Å²) in [5.41, 5.74) is 0. The van der Waals surface area contributed by atoms with E-state index >= 15 is 0 Å². The van der Waals surface area contributed by atoms with Crippen molar-refractivity contribution in [1.82, 2.24) is 4.90 Å². The fourth-order valence-electron chi connectivity index (χ4n) is 1.71. The van der Waals surface area contributed by atoms with Crippen LogP contribution in [0.2, 0.25) is 0 Å². The lowest BCUT2D eigenvalue weighted by molar-refractivity contribution is 0.152. The summed E-state index contributed by atoms with van der Waals surface area (Å²) in [6, 6.07) is 0. The summed E-state index contributed by atoms with van der Waals surface area (Å²) in [4.78, 5) is 2.22. The molecule has 1 heterocycles. The van der Waals surface area contributed by atoms with Crippen LogP contribution in [0.25, 0.3) is 0 Å². The lowest BCUT2D eigenvalue weighted by atomic mass is 10.1. The molecule has 3 heteroatoms. The van der Waals surface area contributed by atoms with Gasteiger partial charge in [0.05, 0.1) is 6.10 Å². The third-order valence-electron chi connectivity index (χ3n) is 2.56. The number of β-amino-alcohol motifs (C(OH)–C–C–N with tert-alkyl or cyclic N) is 1. The summed E-state index contributed by atoms with van der Waals surface area (Å²) in [6.07, 6.45) is 2.50. The first-order chi connectivity index (χ1) is 6.24. The predicted molar refractivity (Wildman–Crippen MR) is 59.2 cm³/mol. The second-order valence-corrected chi connectivity index (χ2v) is 5.13. The summed E-state index contributed by atoms with van der Waals surface area (Å²) in [5, 5.41) is 9.66. The standard InChI is InChI=1S/C10H21NOS/c1-3-4-5-13-8-9-6-11(2)7-10(9)12/h9-10,12H,3-8H2,1-2H3/t9-,10+/m0/s1. The topological polar surface area (TPSA) is 23.5 Å². The van der Waals surface area contributed by atoms with E-state index in [1.807, 2.05) is 11.8 Å². The van der Waals surface area contributed by atoms with Gasteiger partial charge in [-0.15, -0.1) is 0 Å². The molecule has 0 unspecified atom stereocenters. The van der Waals surface area contributed by atoms with Gasteiger partial charge >= 0.3 is 0 Å². The van der Waals surface area contributed by atoms with E-state index in [4.69, 9.17) is 0 Å². The molecule has 1 saturated heterocycles. The molecule has 1 N–H and O–H groups in total. The van der Waals surface area contributed by atoms with Crippen molar-refractivity contribution in [3.63, 3.8) is 0 Å². The zero-order valence-corrected chi connectivity index (χ0v) is 9.52. The molecule has 1 aliphatic heterocycles. The van der Waals surface area contributed by atoms with E-state index in [0.29, 0.717) is 5.92 Å². The molecule has 2 nitrogen and oxygen atoms in total. The quantitative estimate of drug-likeness (QED) is 0.684. The fourth-order valence-corrected chi connectivity index (χ4v) is 3.00. The zero-order chi connectivity index (χ0) is 9.68. The molecule has 0 aliphatic carbocycles. The van der Waals surface area contributed by atoms with E-state index in [-0.39, 0.29) is 6.10 Å². The fraction of sp³-hybridized carbons (Fsp3) is 1.00. The Balaban J connectivity index is 2.07. The Morgan fingerprint density at radius 1 is 1.46 bits per heavy atom. The van der Waals surface area contributed by atoms with Gasteiger partial charge < -0.3 is 10.0 Å². The van der Waals surface area contributed by atoms with Crippen LogP contribution in [0.5, 0.6) is 0 Å². The maximum Gasteiger partial charge on any atom is 0.0715 e. The number of thioether (sulfide) groups is 1. The van der Waals surface area contributed by atoms with Crippen molar-refractivity contribution >= 4 is 11.8 Å². The van der Waals surface area contributed by atoms with Crippen LogP contribution in [0, 0.1) is 5.92 Å². The maximum absolute atomic E-state index is 9.66. The van der Waals surface area contributed by atoms with Gasteiger partial charge in [0.1, 0.15) is 0 Å². The van der Waals surface area contributed by atoms with Crippen LogP contribution in [-0.2, 0) is 0 Å². The summed E-state index contributed by atoms with van der Waals surface area (Å²) in [6.45, 7) is 4.15. The first kappa shape index (κ1) is 11.3. The number of hydrogen-bond donors (Lipinski definition) is 1. The molecule has 0 amide bonds. The van der Waals surface area contributed by atoms with Crippen molar-refractivity contribution in [2.24, 2.45) is 5.92 Å². The van der Waals surface area contributed by atoms with Crippen LogP contribution in [0.4, 0.5) is 0 Å². The van der Waals surface area contributed by atoms with E-state index in [1.165, 1.54) is 18.6 Å². The molecule has 13 heavy (non-hydrogen) atoms. The van der Waals surface area contributed by atoms with Crippen molar-refractivity contribution in [2.45, 2.75) is 25.9 Å². The molecule has 0 aromatic heterocycles. The van der Waals surface area contributed by atoms with Gasteiger partial charge in [-0.2, -0.15) is 11.8 Å². The number of likely N-dealkylation sites (tertiary alicyclic amines) is 1. The zero-order valence-electron chi connectivity index (χ0n) is 8.70. The van der Waals surface area contributed by atoms with Crippen LogP contribution in [0.1, 0.15) is 19.8 Å². The Labute approximate surface area is 85.7 Å². The van der Waals surface area contributed by atoms with Crippen LogP contribution in [-0.4, -0.2) is 47.8 Å². The van der Waals surface area contributed by atoms with Gasteiger partial charge in [-0.05, 0) is 25.0 Å². The SMILES string of the molecule is CCCCSC[C@@H]1CN(C)C[C@H]1O. The lowest BCUT2D eigenvalue weighted by Gasteiger charge is -2.12. The highest BCUT2D eigenvalue weighted by Crippen LogP contribution is 2.20. The molecule has 0 spiro atoms. The molecule has 0 aromatic rings. The van der Waals surface area contributed by atoms with E-state index in [2.05, 4.69) is 18.9 Å². The van der Waals surface area contributed by atoms with E-state index in [0.717, 1.165) is 18.8 Å². The first-order valence-corrected chi connectivity index (χ1v) is 6.34. The Morgan fingerprint density at radius 2 is 2.23 bits per heavy atom. The van der Waals surface area contributed by atoms with Gasteiger partial charge in [0.25, 0.3) is 0 Å². The highest BCUT2D eigenvalue weighted by Gasteiger charge is 2.28. The van der Waals surface area contributed by atoms with Crippen LogP contribution < -0.4 is 0 Å². The van der Waals surface area contributed by atoms with Gasteiger partial charge in [0, 0.05) is 19.0 Å². The number of rotatable bonds is 5. The maximum atomic E-state index is 9.66. The monoisotopic (exact) mass is 203 g/mol. The summed E-state index contributed by atoms with van der Waals surface area (Å²) >= 11 is 1.99. The molecular weight excluding hydrogens is 182 g/mol. The van der Waals surface area contributed by atoms with Gasteiger partial charge in [-0.3, -0.25) is 0 Å². The number of unbranched alkanes of at least 4 members (excludes halogenated alkanes) is 1. The van der Waals surface area contributed by atoms with Crippen molar-refractivity contribution in [3.8, 4) is 0 Å². The largest absolute Gasteiger partial charge is 0.391 e. The average molecular weight is 203 g/mol. The van der Waals surface area contributed by atoms with E-state index < -0.39 is 0 Å². The third-order valence-corrected chi connectivity index (χ3v) is 3.80. The molecule has 0 saturated carbocycles. The molecule has 2 atom stereocenters. The summed E-state index contributed by atoms with van der Waals surface area (Å²) in [5.74, 6) is 2.89. The molecule has 0 bridgehead atoms. The van der Waals surface area contributed by atoms with E-state index in [9.17, 15) is 5.11 Å². The third kappa shape index (κ3) is 3.88. The minimum atomic E-state index is -0.0841. The highest BCUT2D eigenvalue weighted by atomic mass is 32.2. The molecule has 0 aromatic carbocycles. The Hall–Kier alpha value is 0.270. The number of likely N-dealkylation sites (N-methyl/N-ethyl adjacent to an activating group) is 1. The Kier molecular flexibility index (Phi) is 5.14. The molecule has 1 aliphatic rings. The Bertz CT molecular complexity index is 143. The summed E-state index contributed by atoms with van der Waals surface area (Å²) in [7, 11) is 2.08. The minimum Gasteiger partial charge on any atom is -0.391 e. The van der Waals surface area contributed by atoms with Gasteiger partial charge in [-0.25, -0.2) is 0 Å². The van der Waals surface area contributed by atoms with Crippen molar-refractivity contribution in [1.29, 1.82) is 0 Å². The highest BCUT2D eigenvalue weighted by molar-refractivity contribution is 7.99. The predicted octanol–water partition coefficient (Wildman–Crippen LogP) is 1.44. The second-order valence-electron chi connectivity index (χ2n) is 3.98. The average Bonchev–Trinajstić information content (AvgIpc) is 2.39. The molecule has 78 valence electrons. The normalized spacial score (nSPS) is 29.8. The number of aliphatic hydroxyl groups excluding tert-OH is 1. The number of nitrogens with zero attached hydrogens (tertiary/aromatic N) is 1. The van der Waals surface area contributed by atoms with E-state index in [1.54, 1.807) is 0 Å². The molecule has 1 fully saturated rings. The second kappa shape index (κ2) is 5.89. The Morgan fingerprint density at radius 3 is 2.77 bits per heavy atom. The van der Waals surface area contributed by atoms with Crippen LogP contribution in [0.15, 0.2) is 0 Å². The van der Waals surface area contributed by atoms with Gasteiger partial charge in [0.15, 0.2) is 0 Å². The van der Waals surface area contributed by atoms with Gasteiger partial charge in [-0.1, -0.05) is 13.3 Å². The minimum absolute atomic E-state index is 0.0841. The number of hydrogen-bond acceptors (Lipinski definition) is 3.